The molecule has 0 amide bonds. The van der Waals surface area contributed by atoms with E-state index in [1.807, 2.05) is 0 Å². The van der Waals surface area contributed by atoms with Crippen molar-refractivity contribution in [2.75, 3.05) is 23.9 Å². The lowest BCUT2D eigenvalue weighted by Crippen LogP contribution is -2.31. The van der Waals surface area contributed by atoms with Crippen molar-refractivity contribution in [2.45, 2.75) is 6.43 Å². The maximum atomic E-state index is 12.5. The van der Waals surface area contributed by atoms with Crippen LogP contribution in [0.2, 0.25) is 0 Å². The van der Waals surface area contributed by atoms with Crippen LogP contribution in [0.3, 0.4) is 0 Å². The van der Waals surface area contributed by atoms with Crippen LogP contribution >= 0.6 is 11.6 Å². The van der Waals surface area contributed by atoms with E-state index in [2.05, 4.69) is 15.0 Å². The third-order valence-corrected chi connectivity index (χ3v) is 2.52. The standard InChI is InChI=1S/C11H11ClF2N4/c12-3-6-18(7-9(13)14)10-2-1-8-11(17-10)16-5-4-15-8/h1-2,4-5,9H,3,6-7H2. The monoisotopic (exact) mass is 272 g/mol. The Hall–Kier alpha value is -1.56. The van der Waals surface area contributed by atoms with Crippen LogP contribution in [-0.2, 0) is 0 Å². The minimum absolute atomic E-state index is 0.257. The fraction of sp³-hybridized carbons (Fsp3) is 0.364. The Morgan fingerprint density at radius 3 is 2.72 bits per heavy atom. The third-order valence-electron chi connectivity index (χ3n) is 2.35. The fourth-order valence-electron chi connectivity index (χ4n) is 1.59. The van der Waals surface area contributed by atoms with E-state index in [4.69, 9.17) is 11.6 Å². The molecule has 2 rings (SSSR count). The zero-order chi connectivity index (χ0) is 13.0. The number of aromatic nitrogens is 3. The van der Waals surface area contributed by atoms with Gasteiger partial charge in [0.15, 0.2) is 5.65 Å². The van der Waals surface area contributed by atoms with Crippen LogP contribution in [0.1, 0.15) is 0 Å². The molecule has 18 heavy (non-hydrogen) atoms. The highest BCUT2D eigenvalue weighted by Gasteiger charge is 2.14. The molecular formula is C11H11ClF2N4. The van der Waals surface area contributed by atoms with E-state index in [1.54, 1.807) is 18.3 Å². The average molecular weight is 273 g/mol. The first-order chi connectivity index (χ1) is 8.70. The largest absolute Gasteiger partial charge is 0.350 e. The molecule has 0 radical (unpaired) electrons. The van der Waals surface area contributed by atoms with E-state index < -0.39 is 13.0 Å². The third kappa shape index (κ3) is 3.01. The van der Waals surface area contributed by atoms with Crippen molar-refractivity contribution in [3.63, 3.8) is 0 Å². The molecule has 0 saturated carbocycles. The Bertz CT molecular complexity index is 523. The van der Waals surface area contributed by atoms with Gasteiger partial charge >= 0.3 is 0 Å². The highest BCUT2D eigenvalue weighted by atomic mass is 35.5. The van der Waals surface area contributed by atoms with Gasteiger partial charge < -0.3 is 4.90 Å². The summed E-state index contributed by atoms with van der Waals surface area (Å²) in [5.41, 5.74) is 1.06. The molecule has 4 nitrogen and oxygen atoms in total. The molecule has 0 atom stereocenters. The summed E-state index contributed by atoms with van der Waals surface area (Å²) >= 11 is 5.61. The van der Waals surface area contributed by atoms with Crippen LogP contribution in [0.15, 0.2) is 24.5 Å². The van der Waals surface area contributed by atoms with Gasteiger partial charge in [0.25, 0.3) is 6.43 Å². The first-order valence-corrected chi connectivity index (χ1v) is 5.91. The molecule has 0 bridgehead atoms. The Morgan fingerprint density at radius 2 is 2.00 bits per heavy atom. The van der Waals surface area contributed by atoms with E-state index in [1.165, 1.54) is 11.1 Å². The normalized spacial score (nSPS) is 11.1. The molecule has 2 heterocycles. The highest BCUT2D eigenvalue weighted by molar-refractivity contribution is 6.18. The topological polar surface area (TPSA) is 41.9 Å². The molecule has 0 aliphatic carbocycles. The lowest BCUT2D eigenvalue weighted by Gasteiger charge is -2.22. The summed E-state index contributed by atoms with van der Waals surface area (Å²) in [5.74, 6) is 0.691. The molecule has 0 unspecified atom stereocenters. The van der Waals surface area contributed by atoms with E-state index in [9.17, 15) is 8.78 Å². The number of halogens is 3. The highest BCUT2D eigenvalue weighted by Crippen LogP contribution is 2.16. The average Bonchev–Trinajstić information content (AvgIpc) is 2.37. The van der Waals surface area contributed by atoms with Gasteiger partial charge in [-0.05, 0) is 12.1 Å². The minimum Gasteiger partial charge on any atom is -0.350 e. The Kier molecular flexibility index (Phi) is 4.19. The quantitative estimate of drug-likeness (QED) is 0.784. The molecule has 0 N–H and O–H groups in total. The second-order valence-electron chi connectivity index (χ2n) is 3.59. The van der Waals surface area contributed by atoms with Gasteiger partial charge in [-0.1, -0.05) is 0 Å². The molecule has 96 valence electrons. The smallest absolute Gasteiger partial charge is 0.255 e. The van der Waals surface area contributed by atoms with Crippen molar-refractivity contribution < 1.29 is 8.78 Å². The van der Waals surface area contributed by atoms with E-state index in [0.717, 1.165) is 0 Å². The number of fused-ring (bicyclic) bond motifs is 1. The van der Waals surface area contributed by atoms with Gasteiger partial charge in [-0.3, -0.25) is 4.98 Å². The summed E-state index contributed by atoms with van der Waals surface area (Å²) in [6, 6.07) is 3.35. The second-order valence-corrected chi connectivity index (χ2v) is 3.97. The van der Waals surface area contributed by atoms with Gasteiger partial charge in [0.1, 0.15) is 11.3 Å². The fourth-order valence-corrected chi connectivity index (χ4v) is 1.79. The summed E-state index contributed by atoms with van der Waals surface area (Å²) in [4.78, 5) is 13.8. The van der Waals surface area contributed by atoms with Crippen molar-refractivity contribution in [2.24, 2.45) is 0 Å². The number of pyridine rings is 1. The zero-order valence-corrected chi connectivity index (χ0v) is 10.2. The molecule has 0 aliphatic heterocycles. The molecule has 0 aromatic carbocycles. The van der Waals surface area contributed by atoms with Crippen LogP contribution in [0.4, 0.5) is 14.6 Å². The van der Waals surface area contributed by atoms with Gasteiger partial charge in [0, 0.05) is 24.8 Å². The molecule has 7 heteroatoms. The summed E-state index contributed by atoms with van der Waals surface area (Å²) < 4.78 is 24.9. The molecule has 2 aromatic rings. The lowest BCUT2D eigenvalue weighted by atomic mass is 10.3. The Labute approximate surface area is 108 Å². The maximum Gasteiger partial charge on any atom is 0.255 e. The first kappa shape index (κ1) is 12.9. The van der Waals surface area contributed by atoms with Crippen LogP contribution < -0.4 is 4.90 Å². The second kappa shape index (κ2) is 5.86. The molecule has 0 aliphatic rings. The van der Waals surface area contributed by atoms with Gasteiger partial charge in [0.05, 0.1) is 6.54 Å². The van der Waals surface area contributed by atoms with Crippen molar-refractivity contribution in [1.82, 2.24) is 15.0 Å². The zero-order valence-electron chi connectivity index (χ0n) is 9.43. The molecule has 0 fully saturated rings. The van der Waals surface area contributed by atoms with Crippen LogP contribution in [0.5, 0.6) is 0 Å². The van der Waals surface area contributed by atoms with Gasteiger partial charge in [0.2, 0.25) is 0 Å². The Balaban J connectivity index is 2.31. The number of nitrogens with zero attached hydrogens (tertiary/aromatic N) is 4. The summed E-state index contributed by atoms with van der Waals surface area (Å²) in [5, 5.41) is 0. The van der Waals surface area contributed by atoms with Crippen molar-refractivity contribution in [3.05, 3.63) is 24.5 Å². The minimum atomic E-state index is -2.44. The molecule has 2 aromatic heterocycles. The number of alkyl halides is 3. The summed E-state index contributed by atoms with van der Waals surface area (Å²) in [7, 11) is 0. The molecule has 0 saturated heterocycles. The lowest BCUT2D eigenvalue weighted by molar-refractivity contribution is 0.155. The van der Waals surface area contributed by atoms with Gasteiger partial charge in [-0.15, -0.1) is 11.6 Å². The van der Waals surface area contributed by atoms with Crippen molar-refractivity contribution >= 4 is 28.6 Å². The predicted molar refractivity (Wildman–Crippen MR) is 66.3 cm³/mol. The van der Waals surface area contributed by atoms with Crippen molar-refractivity contribution in [1.29, 1.82) is 0 Å². The van der Waals surface area contributed by atoms with Crippen LogP contribution in [0, 0.1) is 0 Å². The number of rotatable bonds is 5. The molecule has 0 spiro atoms. The predicted octanol–water partition coefficient (Wildman–Crippen LogP) is 2.34. The summed E-state index contributed by atoms with van der Waals surface area (Å²) in [6.07, 6.45) is 0.630. The van der Waals surface area contributed by atoms with Gasteiger partial charge in [-0.25, -0.2) is 18.7 Å². The summed E-state index contributed by atoms with van der Waals surface area (Å²) in [6.45, 7) is -0.0871. The van der Waals surface area contributed by atoms with Crippen LogP contribution in [0.25, 0.3) is 11.2 Å². The van der Waals surface area contributed by atoms with E-state index >= 15 is 0 Å². The van der Waals surface area contributed by atoms with Gasteiger partial charge in [-0.2, -0.15) is 0 Å². The number of hydrogen-bond acceptors (Lipinski definition) is 4. The molecular weight excluding hydrogens is 262 g/mol. The van der Waals surface area contributed by atoms with E-state index in [-0.39, 0.29) is 5.88 Å². The number of hydrogen-bond donors (Lipinski definition) is 0. The number of anilines is 1. The Morgan fingerprint density at radius 1 is 1.22 bits per heavy atom. The van der Waals surface area contributed by atoms with E-state index in [0.29, 0.717) is 23.5 Å². The first-order valence-electron chi connectivity index (χ1n) is 5.37. The maximum absolute atomic E-state index is 12.5. The van der Waals surface area contributed by atoms with Crippen LogP contribution in [-0.4, -0.2) is 40.3 Å². The SMILES string of the molecule is FC(F)CN(CCCl)c1ccc2nccnc2n1. The van der Waals surface area contributed by atoms with Crippen molar-refractivity contribution in [3.8, 4) is 0 Å².